The summed E-state index contributed by atoms with van der Waals surface area (Å²) in [7, 11) is 0. The molecule has 0 saturated heterocycles. The molecule has 0 atom stereocenters. The van der Waals surface area contributed by atoms with Crippen molar-refractivity contribution in [2.75, 3.05) is 0 Å². The van der Waals surface area contributed by atoms with Crippen LogP contribution in [0, 0.1) is 6.07 Å². The van der Waals surface area contributed by atoms with Gasteiger partial charge >= 0.3 is 0 Å². The SMILES string of the molecule is Clc1c[c]ccc1.[Cl-].[Zn]. The summed E-state index contributed by atoms with van der Waals surface area (Å²) in [5.74, 6) is 0. The first kappa shape index (κ1) is 12.1. The second-order valence-electron chi connectivity index (χ2n) is 1.22. The van der Waals surface area contributed by atoms with Gasteiger partial charge in [0.15, 0.2) is 0 Å². The maximum Gasteiger partial charge on any atom is 0.0412 e. The van der Waals surface area contributed by atoms with E-state index in [0.29, 0.717) is 0 Å². The molecule has 0 unspecified atom stereocenters. The molecule has 0 fully saturated rings. The van der Waals surface area contributed by atoms with Gasteiger partial charge in [-0.25, -0.2) is 0 Å². The van der Waals surface area contributed by atoms with Gasteiger partial charge in [-0.3, -0.25) is 0 Å². The van der Waals surface area contributed by atoms with Crippen molar-refractivity contribution in [2.45, 2.75) is 0 Å². The van der Waals surface area contributed by atoms with Gasteiger partial charge in [-0.1, -0.05) is 23.7 Å². The third-order valence-electron chi connectivity index (χ3n) is 0.669. The molecule has 1 radical (unpaired) electrons. The summed E-state index contributed by atoms with van der Waals surface area (Å²) >= 11 is 5.51. The van der Waals surface area contributed by atoms with Crippen molar-refractivity contribution < 1.29 is 31.9 Å². The van der Waals surface area contributed by atoms with E-state index in [2.05, 4.69) is 6.07 Å². The zero-order chi connectivity index (χ0) is 5.11. The third-order valence-corrected chi connectivity index (χ3v) is 0.904. The molecule has 0 aliphatic heterocycles. The Morgan fingerprint density at radius 1 is 1.44 bits per heavy atom. The standard InChI is InChI=1S/C6H4Cl.ClH.Zn/c7-6-4-2-1-3-5-6;;/h1-2,4-5H;1H;/p-1. The Morgan fingerprint density at radius 2 is 2.11 bits per heavy atom. The minimum Gasteiger partial charge on any atom is -1.00 e. The van der Waals surface area contributed by atoms with Crippen LogP contribution in [0.5, 0.6) is 0 Å². The number of halogens is 2. The van der Waals surface area contributed by atoms with Crippen molar-refractivity contribution in [3.8, 4) is 0 Å². The maximum absolute atomic E-state index is 5.51. The van der Waals surface area contributed by atoms with Crippen molar-refractivity contribution in [3.05, 3.63) is 35.4 Å². The van der Waals surface area contributed by atoms with Gasteiger partial charge in [-0.15, -0.1) is 0 Å². The van der Waals surface area contributed by atoms with Crippen LogP contribution < -0.4 is 12.4 Å². The molecule has 0 aliphatic carbocycles. The number of rotatable bonds is 0. The summed E-state index contributed by atoms with van der Waals surface area (Å²) in [5.41, 5.74) is 0. The van der Waals surface area contributed by atoms with Crippen LogP contribution in [-0.4, -0.2) is 0 Å². The number of hydrogen-bond donors (Lipinski definition) is 0. The van der Waals surface area contributed by atoms with Gasteiger partial charge in [0.1, 0.15) is 0 Å². The first-order valence-electron chi connectivity index (χ1n) is 2.01. The summed E-state index contributed by atoms with van der Waals surface area (Å²) in [6.45, 7) is 0. The Balaban J connectivity index is 0. The fraction of sp³-hybridized carbons (Fsp3) is 0. The first-order chi connectivity index (χ1) is 3.39. The van der Waals surface area contributed by atoms with Crippen LogP contribution in [0.15, 0.2) is 24.3 Å². The van der Waals surface area contributed by atoms with E-state index >= 15 is 0 Å². The van der Waals surface area contributed by atoms with Gasteiger partial charge in [0.2, 0.25) is 0 Å². The molecular weight excluding hydrogens is 208 g/mol. The van der Waals surface area contributed by atoms with Crippen molar-refractivity contribution in [2.24, 2.45) is 0 Å². The summed E-state index contributed by atoms with van der Waals surface area (Å²) in [6.07, 6.45) is 0. The van der Waals surface area contributed by atoms with E-state index in [1.165, 1.54) is 0 Å². The zero-order valence-corrected chi connectivity index (χ0v) is 9.25. The topological polar surface area (TPSA) is 0 Å². The van der Waals surface area contributed by atoms with Crippen molar-refractivity contribution in [1.29, 1.82) is 0 Å². The van der Waals surface area contributed by atoms with Crippen molar-refractivity contribution in [3.63, 3.8) is 0 Å². The predicted molar refractivity (Wildman–Crippen MR) is 30.3 cm³/mol. The zero-order valence-electron chi connectivity index (χ0n) is 4.77. The van der Waals surface area contributed by atoms with E-state index in [4.69, 9.17) is 11.6 Å². The summed E-state index contributed by atoms with van der Waals surface area (Å²) in [4.78, 5) is 0. The van der Waals surface area contributed by atoms with Gasteiger partial charge in [-0.2, -0.15) is 0 Å². The molecule has 0 aromatic heterocycles. The molecule has 0 aliphatic rings. The van der Waals surface area contributed by atoms with Crippen LogP contribution >= 0.6 is 11.6 Å². The van der Waals surface area contributed by atoms with Gasteiger partial charge in [-0.05, 0) is 18.2 Å². The predicted octanol–water partition coefficient (Wildman–Crippen LogP) is -0.858. The monoisotopic (exact) mass is 210 g/mol. The Labute approximate surface area is 78.8 Å². The van der Waals surface area contributed by atoms with Crippen molar-refractivity contribution >= 4 is 11.6 Å². The fourth-order valence-corrected chi connectivity index (χ4v) is 0.507. The van der Waals surface area contributed by atoms with Crippen LogP contribution in [0.4, 0.5) is 0 Å². The number of benzene rings is 1. The molecule has 1 aromatic rings. The molecule has 1 aromatic carbocycles. The summed E-state index contributed by atoms with van der Waals surface area (Å²) < 4.78 is 0. The molecule has 9 heavy (non-hydrogen) atoms. The van der Waals surface area contributed by atoms with E-state index < -0.39 is 0 Å². The van der Waals surface area contributed by atoms with E-state index in [0.717, 1.165) is 5.02 Å². The fourth-order valence-electron chi connectivity index (χ4n) is 0.371. The average Bonchev–Trinajstić information content (AvgIpc) is 1.69. The van der Waals surface area contributed by atoms with Crippen LogP contribution in [0.3, 0.4) is 0 Å². The van der Waals surface area contributed by atoms with E-state index in [9.17, 15) is 0 Å². The molecule has 1 rings (SSSR count). The second kappa shape index (κ2) is 6.54. The average molecular weight is 212 g/mol. The van der Waals surface area contributed by atoms with E-state index in [1.54, 1.807) is 6.07 Å². The molecule has 45 valence electrons. The molecular formula is C6H4Cl2Zn-. The maximum atomic E-state index is 5.51. The van der Waals surface area contributed by atoms with Gasteiger partial charge in [0.05, 0.1) is 0 Å². The molecule has 0 spiro atoms. The Kier molecular flexibility index (Phi) is 8.82. The molecule has 0 N–H and O–H groups in total. The molecule has 0 amide bonds. The largest absolute Gasteiger partial charge is 1.00 e. The first-order valence-corrected chi connectivity index (χ1v) is 2.39. The van der Waals surface area contributed by atoms with E-state index in [-0.39, 0.29) is 31.9 Å². The molecule has 0 bridgehead atoms. The van der Waals surface area contributed by atoms with Crippen LogP contribution in [-0.2, 0) is 19.5 Å². The molecule has 0 heterocycles. The second-order valence-corrected chi connectivity index (χ2v) is 1.66. The van der Waals surface area contributed by atoms with E-state index in [1.807, 2.05) is 18.2 Å². The molecule has 0 nitrogen and oxygen atoms in total. The Morgan fingerprint density at radius 3 is 2.33 bits per heavy atom. The molecule has 3 heteroatoms. The quantitative estimate of drug-likeness (QED) is 0.491. The molecule has 0 saturated carbocycles. The van der Waals surface area contributed by atoms with Crippen LogP contribution in [0.25, 0.3) is 0 Å². The minimum absolute atomic E-state index is 0. The van der Waals surface area contributed by atoms with Gasteiger partial charge < -0.3 is 12.4 Å². The summed E-state index contributed by atoms with van der Waals surface area (Å²) in [6, 6.07) is 10.0. The van der Waals surface area contributed by atoms with Gasteiger partial charge in [0, 0.05) is 24.5 Å². The number of hydrogen-bond acceptors (Lipinski definition) is 0. The normalized spacial score (nSPS) is 6.78. The smallest absolute Gasteiger partial charge is 0.0412 e. The Hall–Kier alpha value is 0.423. The summed E-state index contributed by atoms with van der Waals surface area (Å²) in [5, 5.41) is 0.738. The van der Waals surface area contributed by atoms with Gasteiger partial charge in [0.25, 0.3) is 0 Å². The Bertz CT molecular complexity index is 141. The minimum atomic E-state index is 0. The van der Waals surface area contributed by atoms with Crippen LogP contribution in [0.2, 0.25) is 5.02 Å². The van der Waals surface area contributed by atoms with Crippen LogP contribution in [0.1, 0.15) is 0 Å². The van der Waals surface area contributed by atoms with Crippen molar-refractivity contribution in [1.82, 2.24) is 0 Å². The third kappa shape index (κ3) is 4.90.